The number of nitrogens with zero attached hydrogens (tertiary/aromatic N) is 2. The van der Waals surface area contributed by atoms with Crippen LogP contribution in [0.25, 0.3) is 10.9 Å². The van der Waals surface area contributed by atoms with Gasteiger partial charge in [-0.25, -0.2) is 17.8 Å². The summed E-state index contributed by atoms with van der Waals surface area (Å²) in [6, 6.07) is 17.5. The van der Waals surface area contributed by atoms with E-state index in [-0.39, 0.29) is 4.90 Å². The number of pyridine rings is 1. The van der Waals surface area contributed by atoms with Gasteiger partial charge in [0.15, 0.2) is 0 Å². The molecule has 30 heavy (non-hydrogen) atoms. The fraction of sp³-hybridized carbons (Fsp3) is 0.136. The number of hydrogen-bond acceptors (Lipinski definition) is 5. The van der Waals surface area contributed by atoms with Gasteiger partial charge in [-0.05, 0) is 67.6 Å². The first-order chi connectivity index (χ1) is 14.3. The summed E-state index contributed by atoms with van der Waals surface area (Å²) in [6.07, 6.45) is 0. The van der Waals surface area contributed by atoms with Gasteiger partial charge in [0.25, 0.3) is 10.0 Å². The molecule has 2 aromatic heterocycles. The molecule has 0 bridgehead atoms. The van der Waals surface area contributed by atoms with Crippen molar-refractivity contribution in [3.05, 3.63) is 84.1 Å². The highest BCUT2D eigenvalue weighted by molar-refractivity contribution is 7.92. The summed E-state index contributed by atoms with van der Waals surface area (Å²) >= 11 is 0. The summed E-state index contributed by atoms with van der Waals surface area (Å²) in [5, 5.41) is 3.89. The van der Waals surface area contributed by atoms with Gasteiger partial charge in [-0.2, -0.15) is 0 Å². The summed E-state index contributed by atoms with van der Waals surface area (Å²) in [6.45, 7) is 2.38. The van der Waals surface area contributed by atoms with Crippen molar-refractivity contribution >= 4 is 32.4 Å². The van der Waals surface area contributed by atoms with Gasteiger partial charge in [0.1, 0.15) is 23.2 Å². The minimum atomic E-state index is -3.84. The quantitative estimate of drug-likeness (QED) is 0.484. The molecule has 0 aliphatic heterocycles. The maximum Gasteiger partial charge on any atom is 0.264 e. The highest BCUT2D eigenvalue weighted by Gasteiger charge is 2.23. The molecule has 0 radical (unpaired) electrons. The number of sulfonamides is 1. The Morgan fingerprint density at radius 1 is 1.03 bits per heavy atom. The molecule has 154 valence electrons. The van der Waals surface area contributed by atoms with Gasteiger partial charge < -0.3 is 9.73 Å². The topological polar surface area (TPSA) is 75.4 Å². The van der Waals surface area contributed by atoms with Crippen LogP contribution in [0.15, 0.2) is 76.0 Å². The summed E-state index contributed by atoms with van der Waals surface area (Å²) in [4.78, 5) is 4.60. The number of aryl methyl sites for hydroxylation is 1. The molecule has 1 N–H and O–H groups in total. The van der Waals surface area contributed by atoms with Crippen LogP contribution in [0, 0.1) is 12.7 Å². The summed E-state index contributed by atoms with van der Waals surface area (Å²) in [5.41, 5.74) is 1.13. The molecule has 0 spiro atoms. The zero-order valence-corrected chi connectivity index (χ0v) is 17.3. The third-order valence-corrected chi connectivity index (χ3v) is 6.55. The molecule has 0 amide bonds. The van der Waals surface area contributed by atoms with Crippen LogP contribution in [-0.4, -0.2) is 20.4 Å². The monoisotopic (exact) mass is 425 g/mol. The first-order valence-electron chi connectivity index (χ1n) is 9.28. The average molecular weight is 425 g/mol. The van der Waals surface area contributed by atoms with Crippen LogP contribution < -0.4 is 9.62 Å². The van der Waals surface area contributed by atoms with Crippen molar-refractivity contribution in [2.75, 3.05) is 16.7 Å². The lowest BCUT2D eigenvalue weighted by Crippen LogP contribution is -2.26. The zero-order valence-electron chi connectivity index (χ0n) is 16.5. The van der Waals surface area contributed by atoms with Crippen LogP contribution in [0.1, 0.15) is 11.5 Å². The molecule has 0 fully saturated rings. The van der Waals surface area contributed by atoms with Crippen LogP contribution >= 0.6 is 0 Å². The van der Waals surface area contributed by atoms with Crippen LogP contribution in [0.5, 0.6) is 0 Å². The van der Waals surface area contributed by atoms with Crippen molar-refractivity contribution in [3.63, 3.8) is 0 Å². The molecule has 6 nitrogen and oxygen atoms in total. The van der Waals surface area contributed by atoms with Gasteiger partial charge in [0, 0.05) is 12.4 Å². The number of nitrogens with one attached hydrogen (secondary N) is 1. The second-order valence-corrected chi connectivity index (χ2v) is 8.80. The fourth-order valence-electron chi connectivity index (χ4n) is 3.16. The normalized spacial score (nSPS) is 11.6. The number of benzene rings is 2. The van der Waals surface area contributed by atoms with E-state index in [1.807, 2.05) is 31.2 Å². The SMILES string of the molecule is Cc1ccc(CNc2ccc3c(N(C)S(=O)(=O)c4ccc(F)cc4)cccc3n2)o1. The molecule has 0 saturated heterocycles. The Balaban J connectivity index is 1.63. The van der Waals surface area contributed by atoms with E-state index in [9.17, 15) is 12.8 Å². The molecule has 2 aromatic carbocycles. The number of furan rings is 1. The first-order valence-corrected chi connectivity index (χ1v) is 10.7. The highest BCUT2D eigenvalue weighted by Crippen LogP contribution is 2.30. The van der Waals surface area contributed by atoms with Crippen molar-refractivity contribution in [2.24, 2.45) is 0 Å². The summed E-state index contributed by atoms with van der Waals surface area (Å²) in [5.74, 6) is 1.80. The van der Waals surface area contributed by atoms with Gasteiger partial charge in [-0.1, -0.05) is 6.07 Å². The Labute approximate surface area is 174 Å². The van der Waals surface area contributed by atoms with Crippen LogP contribution in [0.4, 0.5) is 15.9 Å². The Kier molecular flexibility index (Phi) is 5.17. The smallest absolute Gasteiger partial charge is 0.264 e. The van der Waals surface area contributed by atoms with Gasteiger partial charge in [0.05, 0.1) is 22.6 Å². The van der Waals surface area contributed by atoms with Crippen molar-refractivity contribution in [2.45, 2.75) is 18.4 Å². The van der Waals surface area contributed by atoms with E-state index in [0.717, 1.165) is 23.7 Å². The van der Waals surface area contributed by atoms with E-state index in [1.54, 1.807) is 18.2 Å². The van der Waals surface area contributed by atoms with Crippen LogP contribution in [-0.2, 0) is 16.6 Å². The molecule has 2 heterocycles. The second-order valence-electron chi connectivity index (χ2n) is 6.83. The second kappa shape index (κ2) is 7.79. The largest absolute Gasteiger partial charge is 0.465 e. The number of rotatable bonds is 6. The molecule has 8 heteroatoms. The molecule has 0 atom stereocenters. The molecule has 0 unspecified atom stereocenters. The summed E-state index contributed by atoms with van der Waals surface area (Å²) in [7, 11) is -2.37. The molecule has 4 rings (SSSR count). The lowest BCUT2D eigenvalue weighted by Gasteiger charge is -2.21. The van der Waals surface area contributed by atoms with Crippen LogP contribution in [0.3, 0.4) is 0 Å². The minimum absolute atomic E-state index is 0.0170. The third-order valence-electron chi connectivity index (χ3n) is 4.76. The summed E-state index contributed by atoms with van der Waals surface area (Å²) < 4.78 is 45.9. The highest BCUT2D eigenvalue weighted by atomic mass is 32.2. The van der Waals surface area contributed by atoms with Crippen molar-refractivity contribution in [3.8, 4) is 0 Å². The van der Waals surface area contributed by atoms with Crippen LogP contribution in [0.2, 0.25) is 0 Å². The predicted octanol–water partition coefficient (Wildman–Crippen LogP) is 4.71. The predicted molar refractivity (Wildman–Crippen MR) is 115 cm³/mol. The van der Waals surface area contributed by atoms with Gasteiger partial charge in [0.2, 0.25) is 0 Å². The average Bonchev–Trinajstić information content (AvgIpc) is 3.16. The molecule has 0 aliphatic rings. The minimum Gasteiger partial charge on any atom is -0.465 e. The van der Waals surface area contributed by atoms with E-state index in [4.69, 9.17) is 4.42 Å². The Morgan fingerprint density at radius 3 is 2.50 bits per heavy atom. The van der Waals surface area contributed by atoms with Crippen molar-refractivity contribution in [1.82, 2.24) is 4.98 Å². The third kappa shape index (κ3) is 3.86. The Hall–Kier alpha value is -3.39. The molecule has 4 aromatic rings. The van der Waals surface area contributed by atoms with Crippen molar-refractivity contribution < 1.29 is 17.2 Å². The number of aromatic nitrogens is 1. The number of anilines is 2. The van der Waals surface area contributed by atoms with E-state index < -0.39 is 15.8 Å². The lowest BCUT2D eigenvalue weighted by molar-refractivity contribution is 0.490. The molecule has 0 saturated carbocycles. The standard InChI is InChI=1S/C22H20FN3O3S/c1-15-6-9-17(29-15)14-24-22-13-12-19-20(25-22)4-3-5-21(19)26(2)30(27,28)18-10-7-16(23)8-11-18/h3-13H,14H2,1-2H3,(H,24,25). The Bertz CT molecular complexity index is 1300. The number of halogens is 1. The Morgan fingerprint density at radius 2 is 1.80 bits per heavy atom. The van der Waals surface area contributed by atoms with E-state index in [2.05, 4.69) is 10.3 Å². The number of hydrogen-bond donors (Lipinski definition) is 1. The van der Waals surface area contributed by atoms with E-state index in [1.165, 1.54) is 23.5 Å². The fourth-order valence-corrected chi connectivity index (χ4v) is 4.38. The van der Waals surface area contributed by atoms with E-state index in [0.29, 0.717) is 29.0 Å². The van der Waals surface area contributed by atoms with Gasteiger partial charge in [-0.15, -0.1) is 0 Å². The van der Waals surface area contributed by atoms with Gasteiger partial charge in [-0.3, -0.25) is 4.31 Å². The van der Waals surface area contributed by atoms with Gasteiger partial charge >= 0.3 is 0 Å². The van der Waals surface area contributed by atoms with E-state index >= 15 is 0 Å². The number of fused-ring (bicyclic) bond motifs is 1. The zero-order chi connectivity index (χ0) is 21.3. The maximum atomic E-state index is 13.2. The van der Waals surface area contributed by atoms with Crippen molar-refractivity contribution in [1.29, 1.82) is 0 Å². The lowest BCUT2D eigenvalue weighted by atomic mass is 10.2. The maximum absolute atomic E-state index is 13.2. The first kappa shape index (κ1) is 19.9. The molecular formula is C22H20FN3O3S. The molecular weight excluding hydrogens is 405 g/mol. The molecule has 0 aliphatic carbocycles.